The molecule has 1 N–H and O–H groups in total. The van der Waals surface area contributed by atoms with Crippen LogP contribution in [-0.4, -0.2) is 5.71 Å². The van der Waals surface area contributed by atoms with E-state index in [1.165, 1.54) is 12.1 Å². The van der Waals surface area contributed by atoms with E-state index in [1.54, 1.807) is 48.5 Å². The van der Waals surface area contributed by atoms with Crippen molar-refractivity contribution in [1.82, 2.24) is 5.32 Å². The minimum Gasteiger partial charge on any atom is -0.312 e. The summed E-state index contributed by atoms with van der Waals surface area (Å²) in [4.78, 5) is 4.10. The largest absolute Gasteiger partial charge is 0.416 e. The Bertz CT molecular complexity index is 2200. The molecule has 10 heteroatoms. The minimum absolute atomic E-state index is 0.358. The third kappa shape index (κ3) is 4.67. The zero-order chi connectivity index (χ0) is 32.4. The fraction of sp³-hybridized carbons (Fsp3) is 0.0833. The molecule has 5 aromatic carbocycles. The van der Waals surface area contributed by atoms with E-state index >= 15 is 0 Å². The molecule has 0 fully saturated rings. The highest BCUT2D eigenvalue weighted by Gasteiger charge is 2.35. The number of nitrogens with one attached hydrogen (secondary N) is 1. The molecule has 0 spiro atoms. The summed E-state index contributed by atoms with van der Waals surface area (Å²) < 4.78 is 80.4. The lowest BCUT2D eigenvalue weighted by atomic mass is 9.96. The predicted molar refractivity (Wildman–Crippen MR) is 160 cm³/mol. The van der Waals surface area contributed by atoms with E-state index in [0.29, 0.717) is 44.7 Å². The second-order valence-electron chi connectivity index (χ2n) is 11.0. The number of fused-ring (bicyclic) bond motifs is 6. The van der Waals surface area contributed by atoms with E-state index in [4.69, 9.17) is 0 Å². The summed E-state index contributed by atoms with van der Waals surface area (Å²) in [6.45, 7) is 0. The van der Waals surface area contributed by atoms with Gasteiger partial charge in [-0.05, 0) is 104 Å². The Kier molecular flexibility index (Phi) is 6.50. The van der Waals surface area contributed by atoms with Gasteiger partial charge in [0.15, 0.2) is 6.19 Å². The van der Waals surface area contributed by atoms with Gasteiger partial charge in [-0.1, -0.05) is 48.5 Å². The Morgan fingerprint density at radius 3 is 1.67 bits per heavy atom. The first-order valence-electron chi connectivity index (χ1n) is 13.9. The zero-order valence-corrected chi connectivity index (χ0v) is 23.4. The van der Waals surface area contributed by atoms with Crippen LogP contribution in [0.1, 0.15) is 39.4 Å². The summed E-state index contributed by atoms with van der Waals surface area (Å²) >= 11 is 0. The number of hydrogen-bond acceptors (Lipinski definition) is 4. The van der Waals surface area contributed by atoms with Crippen molar-refractivity contribution >= 4 is 5.71 Å². The highest BCUT2D eigenvalue weighted by Crippen LogP contribution is 2.50. The summed E-state index contributed by atoms with van der Waals surface area (Å²) in [6.07, 6.45) is -5.17. The van der Waals surface area contributed by atoms with Crippen molar-refractivity contribution in [2.24, 2.45) is 4.99 Å². The van der Waals surface area contributed by atoms with Gasteiger partial charge in [0.2, 0.25) is 6.19 Å². The van der Waals surface area contributed by atoms with Gasteiger partial charge in [-0.25, -0.2) is 0 Å². The maximum atomic E-state index is 13.4. The van der Waals surface area contributed by atoms with Crippen LogP contribution in [0.2, 0.25) is 0 Å². The zero-order valence-electron chi connectivity index (χ0n) is 23.4. The van der Waals surface area contributed by atoms with Crippen LogP contribution in [0.4, 0.5) is 26.3 Å². The van der Waals surface area contributed by atoms with Crippen LogP contribution in [-0.2, 0) is 12.4 Å². The van der Waals surface area contributed by atoms with Gasteiger partial charge in [-0.15, -0.1) is 0 Å². The van der Waals surface area contributed by atoms with Crippen molar-refractivity contribution in [1.29, 1.82) is 10.5 Å². The van der Waals surface area contributed by atoms with Crippen LogP contribution in [0, 0.1) is 22.9 Å². The Labute approximate surface area is 258 Å². The SMILES string of the molecule is N#C/N=C1\c2cc(-c3cccc(C(F)(F)F)c3)ccc2-c2cc3c(cc21)-c1ccc(-c2cccc(C(F)(F)F)c2)cc1C3NC#N. The van der Waals surface area contributed by atoms with Crippen molar-refractivity contribution in [2.75, 3.05) is 0 Å². The molecule has 5 aromatic rings. The Hall–Kier alpha value is -5.87. The summed E-state index contributed by atoms with van der Waals surface area (Å²) in [5.41, 5.74) is 6.28. The molecule has 0 aromatic heterocycles. The van der Waals surface area contributed by atoms with Gasteiger partial charge < -0.3 is 5.32 Å². The molecule has 0 bridgehead atoms. The Morgan fingerprint density at radius 1 is 0.543 bits per heavy atom. The van der Waals surface area contributed by atoms with Gasteiger partial charge in [0.1, 0.15) is 0 Å². The number of hydrogen-bond donors (Lipinski definition) is 1. The molecule has 0 saturated carbocycles. The van der Waals surface area contributed by atoms with Gasteiger partial charge in [-0.2, -0.15) is 41.9 Å². The summed E-state index contributed by atoms with van der Waals surface area (Å²) in [5, 5.41) is 22.1. The lowest BCUT2D eigenvalue weighted by Crippen LogP contribution is -2.14. The van der Waals surface area contributed by atoms with Gasteiger partial charge >= 0.3 is 12.4 Å². The predicted octanol–water partition coefficient (Wildman–Crippen LogP) is 9.50. The quantitative estimate of drug-likeness (QED) is 0.122. The molecule has 0 amide bonds. The highest BCUT2D eigenvalue weighted by molar-refractivity contribution is 6.26. The molecule has 1 atom stereocenters. The fourth-order valence-electron chi connectivity index (χ4n) is 6.34. The first-order valence-corrected chi connectivity index (χ1v) is 13.9. The monoisotopic (exact) mass is 620 g/mol. The van der Waals surface area contributed by atoms with Crippen molar-refractivity contribution in [2.45, 2.75) is 18.4 Å². The first kappa shape index (κ1) is 28.9. The van der Waals surface area contributed by atoms with Crippen molar-refractivity contribution < 1.29 is 26.3 Å². The minimum atomic E-state index is -4.50. The first-order chi connectivity index (χ1) is 22.0. The number of aliphatic imine (C=N–C) groups is 1. The standard InChI is InChI=1S/C36H18F6N4/c37-35(38,39)23-5-1-3-19(11-23)21-7-9-25-27-15-32-28(16-31(27)33(45-17-43)29(25)13-21)26-10-8-22(14-30(26)34(32)46-18-44)20-4-2-6-24(12-20)36(40,41)42/h1-16,33,45H/b46-34+. The molecule has 0 saturated heterocycles. The van der Waals surface area contributed by atoms with Crippen LogP contribution >= 0.6 is 0 Å². The molecule has 4 nitrogen and oxygen atoms in total. The van der Waals surface area contributed by atoms with Gasteiger partial charge in [0.25, 0.3) is 0 Å². The Balaban J connectivity index is 1.34. The molecule has 46 heavy (non-hydrogen) atoms. The van der Waals surface area contributed by atoms with E-state index < -0.39 is 29.5 Å². The molecule has 0 heterocycles. The third-order valence-electron chi connectivity index (χ3n) is 8.39. The van der Waals surface area contributed by atoms with Crippen LogP contribution in [0.25, 0.3) is 44.5 Å². The van der Waals surface area contributed by atoms with E-state index in [9.17, 15) is 36.9 Å². The number of rotatable bonds is 3. The summed E-state index contributed by atoms with van der Waals surface area (Å²) in [7, 11) is 0. The maximum Gasteiger partial charge on any atom is 0.416 e. The number of nitrogens with zero attached hydrogens (tertiary/aromatic N) is 3. The molecule has 1 unspecified atom stereocenters. The molecular weight excluding hydrogens is 602 g/mol. The van der Waals surface area contributed by atoms with Crippen LogP contribution in [0.15, 0.2) is 102 Å². The maximum absolute atomic E-state index is 13.4. The van der Waals surface area contributed by atoms with Crippen molar-refractivity contribution in [3.63, 3.8) is 0 Å². The van der Waals surface area contributed by atoms with Gasteiger partial charge in [-0.3, -0.25) is 0 Å². The van der Waals surface area contributed by atoms with Crippen molar-refractivity contribution in [3.05, 3.63) is 130 Å². The molecular formula is C36H18F6N4. The van der Waals surface area contributed by atoms with Crippen LogP contribution in [0.3, 0.4) is 0 Å². The molecule has 0 aliphatic heterocycles. The van der Waals surface area contributed by atoms with E-state index in [2.05, 4.69) is 10.3 Å². The molecule has 224 valence electrons. The lowest BCUT2D eigenvalue weighted by Gasteiger charge is -2.14. The number of nitriles is 2. The normalized spacial score (nSPS) is 15.4. The number of halogens is 6. The average Bonchev–Trinajstić information content (AvgIpc) is 3.50. The van der Waals surface area contributed by atoms with Crippen molar-refractivity contribution in [3.8, 4) is 56.9 Å². The van der Waals surface area contributed by atoms with Crippen LogP contribution in [0.5, 0.6) is 0 Å². The third-order valence-corrected chi connectivity index (χ3v) is 8.39. The fourth-order valence-corrected chi connectivity index (χ4v) is 6.34. The second kappa shape index (κ2) is 10.4. The van der Waals surface area contributed by atoms with Gasteiger partial charge in [0.05, 0.1) is 22.9 Å². The molecule has 0 radical (unpaired) electrons. The molecule has 2 aliphatic carbocycles. The van der Waals surface area contributed by atoms with E-state index in [0.717, 1.165) is 52.1 Å². The van der Waals surface area contributed by atoms with E-state index in [1.807, 2.05) is 24.5 Å². The smallest absolute Gasteiger partial charge is 0.312 e. The molecule has 7 rings (SSSR count). The Morgan fingerprint density at radius 2 is 1.09 bits per heavy atom. The molecule has 2 aliphatic rings. The summed E-state index contributed by atoms with van der Waals surface area (Å²) in [6, 6.07) is 23.7. The average molecular weight is 621 g/mol. The lowest BCUT2D eigenvalue weighted by molar-refractivity contribution is -0.138. The number of alkyl halides is 6. The summed E-state index contributed by atoms with van der Waals surface area (Å²) in [5.74, 6) is 0. The van der Waals surface area contributed by atoms with Gasteiger partial charge in [0, 0.05) is 11.1 Å². The second-order valence-corrected chi connectivity index (χ2v) is 11.0. The number of benzene rings is 5. The van der Waals surface area contributed by atoms with E-state index in [-0.39, 0.29) is 0 Å². The topological polar surface area (TPSA) is 72.0 Å². The van der Waals surface area contributed by atoms with Crippen LogP contribution < -0.4 is 5.32 Å². The highest BCUT2D eigenvalue weighted by atomic mass is 19.4.